The van der Waals surface area contributed by atoms with Gasteiger partial charge in [0, 0.05) is 211 Å². The number of hydrogen-bond acceptors (Lipinski definition) is 7. The van der Waals surface area contributed by atoms with Crippen LogP contribution >= 0.6 is 34.0 Å². The highest BCUT2D eigenvalue weighted by atomic mass is 32.1. The highest BCUT2D eigenvalue weighted by Crippen LogP contribution is 2.59. The van der Waals surface area contributed by atoms with Crippen LogP contribution in [0, 0.1) is 0 Å². The highest BCUT2D eigenvalue weighted by molar-refractivity contribution is 7.26. The molecule has 0 saturated carbocycles. The summed E-state index contributed by atoms with van der Waals surface area (Å²) in [4.78, 5) is 7.47. The zero-order chi connectivity index (χ0) is 95.5. The summed E-state index contributed by atoms with van der Waals surface area (Å²) in [6.07, 6.45) is 25.8. The Bertz CT molecular complexity index is 10500. The molecular formula is C135H90N6OS3. The highest BCUT2D eigenvalue weighted by Gasteiger charge is 2.41. The zero-order valence-corrected chi connectivity index (χ0v) is 82.0. The van der Waals surface area contributed by atoms with E-state index in [9.17, 15) is 0 Å². The average molecular weight is 1910 g/mol. The Labute approximate surface area is 847 Å². The van der Waals surface area contributed by atoms with Gasteiger partial charge in [-0.1, -0.05) is 270 Å². The summed E-state index contributed by atoms with van der Waals surface area (Å²) in [5.74, 6) is 1.13. The van der Waals surface area contributed by atoms with E-state index in [4.69, 9.17) is 4.42 Å². The van der Waals surface area contributed by atoms with Gasteiger partial charge in [0.05, 0.1) is 44.3 Å². The van der Waals surface area contributed by atoms with Crippen molar-refractivity contribution < 1.29 is 4.42 Å². The van der Waals surface area contributed by atoms with Gasteiger partial charge in [-0.3, -0.25) is 0 Å². The van der Waals surface area contributed by atoms with Gasteiger partial charge in [0.15, 0.2) is 0 Å². The molecule has 3 atom stereocenters. The summed E-state index contributed by atoms with van der Waals surface area (Å²) in [7, 11) is 0. The van der Waals surface area contributed by atoms with Gasteiger partial charge in [0.1, 0.15) is 11.2 Å². The molecule has 1 aliphatic heterocycles. The third-order valence-corrected chi connectivity index (χ3v) is 36.0. The maximum Gasteiger partial charge on any atom is 0.137 e. The number of fused-ring (bicyclic) bond motifs is 36. The van der Waals surface area contributed by atoms with Gasteiger partial charge in [-0.15, -0.1) is 34.0 Å². The molecule has 18 aromatic carbocycles. The number of allylic oxidation sites excluding steroid dienone is 12. The monoisotopic (exact) mass is 1910 g/mol. The van der Waals surface area contributed by atoms with Crippen molar-refractivity contribution in [2.24, 2.45) is 0 Å². The van der Waals surface area contributed by atoms with Crippen LogP contribution in [0.1, 0.15) is 89.9 Å². The zero-order valence-electron chi connectivity index (χ0n) is 79.6. The van der Waals surface area contributed by atoms with Crippen molar-refractivity contribution in [3.8, 4) is 11.1 Å². The van der Waals surface area contributed by atoms with Crippen LogP contribution in [-0.4, -0.2) is 13.4 Å². The van der Waals surface area contributed by atoms with E-state index < -0.39 is 0 Å². The number of anilines is 8. The first-order valence-electron chi connectivity index (χ1n) is 50.4. The van der Waals surface area contributed by atoms with Crippen LogP contribution in [0.5, 0.6) is 0 Å². The summed E-state index contributed by atoms with van der Waals surface area (Å²) >= 11 is 5.60. The van der Waals surface area contributed by atoms with E-state index in [0.717, 1.165) is 86.6 Å². The second kappa shape index (κ2) is 31.4. The Kier molecular flexibility index (Phi) is 17.9. The van der Waals surface area contributed by atoms with Crippen LogP contribution in [0.4, 0.5) is 45.5 Å². The number of benzene rings is 18. The molecule has 10 heterocycles. The molecule has 5 aliphatic carbocycles. The van der Waals surface area contributed by atoms with E-state index in [1.165, 1.54) is 220 Å². The molecule has 3 unspecified atom stereocenters. The van der Waals surface area contributed by atoms with Crippen LogP contribution in [0.15, 0.2) is 453 Å². The van der Waals surface area contributed by atoms with Gasteiger partial charge in [-0.25, -0.2) is 0 Å². The number of rotatable bonds is 11. The van der Waals surface area contributed by atoms with E-state index in [1.807, 2.05) is 58.3 Å². The van der Waals surface area contributed by atoms with Crippen molar-refractivity contribution in [3.05, 3.63) is 488 Å². The molecule has 0 radical (unpaired) electrons. The first-order valence-corrected chi connectivity index (χ1v) is 52.9. The van der Waals surface area contributed by atoms with E-state index in [0.29, 0.717) is 17.8 Å². The molecule has 6 aliphatic rings. The normalized spacial score (nSPS) is 15.9. The van der Waals surface area contributed by atoms with Crippen LogP contribution in [0.2, 0.25) is 0 Å². The summed E-state index contributed by atoms with van der Waals surface area (Å²) < 4.78 is 21.7. The van der Waals surface area contributed by atoms with Gasteiger partial charge in [-0.05, 0) is 251 Å². The lowest BCUT2D eigenvalue weighted by atomic mass is 9.66. The Hall–Kier alpha value is -17.1. The third kappa shape index (κ3) is 12.1. The number of aromatic nitrogens is 3. The fraction of sp³-hybridized carbons (Fsp3) is 0.0667. The molecule has 0 amide bonds. The van der Waals surface area contributed by atoms with Crippen molar-refractivity contribution in [1.29, 1.82) is 0 Å². The quantitative estimate of drug-likeness (QED) is 0.129. The molecular weight excluding hydrogens is 1820 g/mol. The number of furan rings is 1. The first-order chi connectivity index (χ1) is 71.6. The van der Waals surface area contributed by atoms with Gasteiger partial charge in [-0.2, -0.15) is 0 Å². The molecule has 10 heteroatoms. The molecule has 27 aromatic rings. The summed E-state index contributed by atoms with van der Waals surface area (Å²) in [6, 6.07) is 137. The smallest absolute Gasteiger partial charge is 0.137 e. The van der Waals surface area contributed by atoms with Crippen molar-refractivity contribution in [1.82, 2.24) is 13.4 Å². The average Bonchev–Trinajstić information content (AvgIpc) is 1.55. The standard InChI is InChI=1S/C48H34N2S.C45H32N2S.C42H24N2OS/c1-2-13-34-32(11-1)33-12-3-4-14-35(33)40-25-29(21-23-36(34)40)49(30-22-24-47-41(26-30)39-17-7-10-20-46(39)51-47)31-27-42-37-15-5-8-18-44(37)50-45-19-9-6-16-38(45)43(28-31)48(42)50;1-5-30-36-24-29(25-37-33-14-8-11-17-41(33)47(44(36)37)40(30)6-2)46(27-20-22-43-35(23-27)34-15-9-12-18-42(34)48-43)28-19-21-32-31-13-7-10-16-38(31)45(3,4)39(32)26-28;1-5-13-36-28(9-1)34-22-27(23-35-29-10-2-6-14-37(29)44(36)42(34)35)43(25-18-20-41-33(21-25)32-12-4-8-16-40(32)46-41)26-17-19-31-30-11-3-7-15-38(30)45-39(31)24-26/h1-10,12-15,17-24,26-28,32,38,40H,11,16,25H2;5-26H,1-2H2,3-4H3;1-24H. The van der Waals surface area contributed by atoms with Gasteiger partial charge in [0.2, 0.25) is 0 Å². The number of para-hydroxylation sites is 5. The predicted molar refractivity (Wildman–Crippen MR) is 621 cm³/mol. The molecule has 0 fully saturated rings. The van der Waals surface area contributed by atoms with Gasteiger partial charge >= 0.3 is 0 Å². The first kappa shape index (κ1) is 82.6. The maximum absolute atomic E-state index is 6.42. The maximum atomic E-state index is 6.42. The van der Waals surface area contributed by atoms with Gasteiger partial charge < -0.3 is 32.5 Å². The molecule has 0 spiro atoms. The lowest BCUT2D eigenvalue weighted by Crippen LogP contribution is -2.26. The number of hydrogen-bond donors (Lipinski definition) is 0. The Morgan fingerprint density at radius 2 is 0.731 bits per heavy atom. The van der Waals surface area contributed by atoms with Crippen LogP contribution < -0.4 is 14.7 Å². The van der Waals surface area contributed by atoms with Gasteiger partial charge in [0.25, 0.3) is 0 Å². The summed E-state index contributed by atoms with van der Waals surface area (Å²) in [5, 5.41) is 21.5. The van der Waals surface area contributed by atoms with E-state index in [2.05, 4.69) is 462 Å². The molecule has 0 saturated heterocycles. The topological polar surface area (TPSA) is 36.6 Å². The second-order valence-electron chi connectivity index (χ2n) is 40.3. The predicted octanol–water partition coefficient (Wildman–Crippen LogP) is 38.9. The minimum absolute atomic E-state index is 0.107. The lowest BCUT2D eigenvalue weighted by Gasteiger charge is -2.41. The Morgan fingerprint density at radius 3 is 1.34 bits per heavy atom. The fourth-order valence-corrected chi connectivity index (χ4v) is 29.5. The lowest BCUT2D eigenvalue weighted by molar-refractivity contribution is 0.660. The fourth-order valence-electron chi connectivity index (χ4n) is 26.2. The van der Waals surface area contributed by atoms with Crippen molar-refractivity contribution in [3.63, 3.8) is 0 Å². The molecule has 145 heavy (non-hydrogen) atoms. The molecule has 9 aromatic heterocycles. The third-order valence-electron chi connectivity index (χ3n) is 32.5. The number of nitrogens with zero attached hydrogens (tertiary/aromatic N) is 6. The minimum atomic E-state index is -0.107. The largest absolute Gasteiger partial charge is 0.456 e. The molecule has 0 N–H and O–H groups in total. The Morgan fingerprint density at radius 1 is 0.303 bits per heavy atom. The molecule has 0 bridgehead atoms. The van der Waals surface area contributed by atoms with E-state index >= 15 is 0 Å². The SMILES string of the molecule is C1=CCC2C(=C1)C1=CC=C(N(c3ccc4sc5ccccc5c4c3)c3cc4c5c(c3)c3ccccc3n5C3=CC=CCC34)CC1c1ccccc12.C=Cc1c(C=C)n2c3ccccc3c3cc(N(c4ccc5c(c4)C(C)(C)c4ccccc4-5)c4ccc5sc6ccccc6c5c4)cc1c32.c1ccc2c(c1)oc1cc(N(c3ccc4sc5ccccc5c4c3)c3cc4c5ccccc5n5c6ccccc6c(c3)c45)ccc12. The minimum Gasteiger partial charge on any atom is -0.456 e. The Balaban J connectivity index is 0.0000000991. The number of thiophene rings is 3. The van der Waals surface area contributed by atoms with Crippen molar-refractivity contribution in [2.75, 3.05) is 14.7 Å². The van der Waals surface area contributed by atoms with Crippen LogP contribution in [0.3, 0.4) is 0 Å². The van der Waals surface area contributed by atoms with Crippen LogP contribution in [0.25, 0.3) is 199 Å². The summed E-state index contributed by atoms with van der Waals surface area (Å²) in [6.45, 7) is 13.2. The molecule has 7 nitrogen and oxygen atoms in total. The molecule has 33 rings (SSSR count). The summed E-state index contributed by atoms with van der Waals surface area (Å²) in [5.41, 5.74) is 37.5. The second-order valence-corrected chi connectivity index (χ2v) is 43.6. The van der Waals surface area contributed by atoms with Crippen LogP contribution in [-0.2, 0) is 5.41 Å². The van der Waals surface area contributed by atoms with E-state index in [-0.39, 0.29) is 5.41 Å². The van der Waals surface area contributed by atoms with Crippen molar-refractivity contribution >= 4 is 267 Å². The van der Waals surface area contributed by atoms with Crippen molar-refractivity contribution in [2.45, 2.75) is 56.3 Å². The molecule has 684 valence electrons. The van der Waals surface area contributed by atoms with E-state index in [1.54, 1.807) is 0 Å².